The minimum absolute atomic E-state index is 0.00342. The summed E-state index contributed by atoms with van der Waals surface area (Å²) in [6, 6.07) is 7.65. The van der Waals surface area contributed by atoms with Crippen LogP contribution >= 0.6 is 0 Å². The fourth-order valence-electron chi connectivity index (χ4n) is 3.91. The maximum atomic E-state index is 15.2. The van der Waals surface area contributed by atoms with Crippen molar-refractivity contribution >= 4 is 22.6 Å². The molecule has 5 heterocycles. The number of fused-ring (bicyclic) bond motifs is 1. The molecule has 0 spiro atoms. The maximum Gasteiger partial charge on any atom is 0.233 e. The molecule has 150 valence electrons. The fourth-order valence-corrected chi connectivity index (χ4v) is 3.91. The van der Waals surface area contributed by atoms with E-state index in [0.29, 0.717) is 17.9 Å². The molecule has 2 aliphatic rings. The van der Waals surface area contributed by atoms with Gasteiger partial charge in [0.15, 0.2) is 0 Å². The van der Waals surface area contributed by atoms with Crippen LogP contribution < -0.4 is 5.32 Å². The Hall–Kier alpha value is -2.84. The summed E-state index contributed by atoms with van der Waals surface area (Å²) in [5, 5.41) is 3.47. The Morgan fingerprint density at radius 3 is 2.90 bits per heavy atom. The van der Waals surface area contributed by atoms with E-state index in [1.807, 2.05) is 18.2 Å². The summed E-state index contributed by atoms with van der Waals surface area (Å²) >= 11 is 0. The molecular formula is C21H21FN4O3. The number of anilines is 1. The Labute approximate surface area is 166 Å². The van der Waals surface area contributed by atoms with E-state index in [0.717, 1.165) is 35.4 Å². The predicted molar refractivity (Wildman–Crippen MR) is 105 cm³/mol. The highest BCUT2D eigenvalue weighted by Crippen LogP contribution is 2.38. The van der Waals surface area contributed by atoms with E-state index in [4.69, 9.17) is 14.5 Å². The number of pyridine rings is 2. The number of rotatable bonds is 4. The average Bonchev–Trinajstić information content (AvgIpc) is 3.34. The Bertz CT molecular complexity index is 1090. The smallest absolute Gasteiger partial charge is 0.233 e. The van der Waals surface area contributed by atoms with Crippen LogP contribution in [0.2, 0.25) is 0 Å². The zero-order valence-corrected chi connectivity index (χ0v) is 16.0. The van der Waals surface area contributed by atoms with Gasteiger partial charge in [-0.25, -0.2) is 9.37 Å². The van der Waals surface area contributed by atoms with Gasteiger partial charge in [-0.1, -0.05) is 6.07 Å². The summed E-state index contributed by atoms with van der Waals surface area (Å²) in [5.74, 6) is -1.13. The molecule has 7 nitrogen and oxygen atoms in total. The van der Waals surface area contributed by atoms with E-state index in [2.05, 4.69) is 10.3 Å². The summed E-state index contributed by atoms with van der Waals surface area (Å²) < 4.78 is 27.4. The third-order valence-electron chi connectivity index (χ3n) is 5.47. The van der Waals surface area contributed by atoms with Gasteiger partial charge in [0, 0.05) is 42.3 Å². The zero-order valence-electron chi connectivity index (χ0n) is 16.0. The van der Waals surface area contributed by atoms with Crippen molar-refractivity contribution in [2.24, 2.45) is 0 Å². The first-order valence-electron chi connectivity index (χ1n) is 9.64. The normalized spacial score (nSPS) is 20.6. The SMILES string of the molecule is CC(=O)Nc1cc2c(-c3cccc(C4CCOC4)n3)cn(C3(F)COC3)c2cn1. The van der Waals surface area contributed by atoms with Crippen LogP contribution in [-0.2, 0) is 20.1 Å². The van der Waals surface area contributed by atoms with Crippen molar-refractivity contribution in [1.82, 2.24) is 14.5 Å². The van der Waals surface area contributed by atoms with Crippen LogP contribution in [-0.4, -0.2) is 46.9 Å². The van der Waals surface area contributed by atoms with Crippen LogP contribution in [0.3, 0.4) is 0 Å². The first-order valence-corrected chi connectivity index (χ1v) is 9.64. The number of alkyl halides is 1. The van der Waals surface area contributed by atoms with E-state index in [-0.39, 0.29) is 25.0 Å². The summed E-state index contributed by atoms with van der Waals surface area (Å²) in [5.41, 5.74) is 3.15. The second-order valence-corrected chi connectivity index (χ2v) is 7.60. The van der Waals surface area contributed by atoms with E-state index in [9.17, 15) is 4.79 Å². The molecule has 2 aliphatic heterocycles. The van der Waals surface area contributed by atoms with Crippen molar-refractivity contribution in [3.63, 3.8) is 0 Å². The van der Waals surface area contributed by atoms with E-state index in [1.165, 1.54) is 6.92 Å². The lowest BCUT2D eigenvalue weighted by Gasteiger charge is -2.35. The molecule has 2 saturated heterocycles. The van der Waals surface area contributed by atoms with Crippen molar-refractivity contribution < 1.29 is 18.7 Å². The van der Waals surface area contributed by atoms with Gasteiger partial charge in [-0.3, -0.25) is 9.78 Å². The van der Waals surface area contributed by atoms with Gasteiger partial charge >= 0.3 is 0 Å². The highest BCUT2D eigenvalue weighted by atomic mass is 19.1. The van der Waals surface area contributed by atoms with E-state index >= 15 is 4.39 Å². The lowest BCUT2D eigenvalue weighted by molar-refractivity contribution is -0.177. The van der Waals surface area contributed by atoms with Crippen LogP contribution in [0.1, 0.15) is 25.0 Å². The van der Waals surface area contributed by atoms with Gasteiger partial charge in [0.05, 0.1) is 24.0 Å². The van der Waals surface area contributed by atoms with Crippen molar-refractivity contribution in [2.45, 2.75) is 25.1 Å². The number of nitrogens with one attached hydrogen (secondary N) is 1. The van der Waals surface area contributed by atoms with Crippen LogP contribution in [0.4, 0.5) is 10.2 Å². The molecule has 5 rings (SSSR count). The van der Waals surface area contributed by atoms with E-state index < -0.39 is 5.79 Å². The van der Waals surface area contributed by atoms with Gasteiger partial charge in [-0.05, 0) is 24.6 Å². The Morgan fingerprint density at radius 1 is 1.34 bits per heavy atom. The van der Waals surface area contributed by atoms with Gasteiger partial charge in [-0.15, -0.1) is 0 Å². The largest absolute Gasteiger partial charge is 0.381 e. The fraction of sp³-hybridized carbons (Fsp3) is 0.381. The van der Waals surface area contributed by atoms with Gasteiger partial charge in [0.1, 0.15) is 19.0 Å². The van der Waals surface area contributed by atoms with Gasteiger partial charge in [0.2, 0.25) is 11.7 Å². The molecule has 3 aromatic heterocycles. The van der Waals surface area contributed by atoms with Gasteiger partial charge < -0.3 is 19.4 Å². The van der Waals surface area contributed by atoms with Crippen LogP contribution in [0, 0.1) is 0 Å². The molecule has 0 aliphatic carbocycles. The maximum absolute atomic E-state index is 15.2. The Balaban J connectivity index is 1.65. The standard InChI is InChI=1S/C21H21FN4O3/c1-13(27)24-20-7-15-16(9-26(19(15)8-23-20)21(22)11-29-12-21)18-4-2-3-17(25-18)14-5-6-28-10-14/h2-4,7-9,14H,5-6,10-12H2,1H3,(H,23,24,27). The summed E-state index contributed by atoms with van der Waals surface area (Å²) in [6.45, 7) is 2.83. The number of carbonyl (C=O) groups excluding carboxylic acids is 1. The predicted octanol–water partition coefficient (Wildman–Crippen LogP) is 3.21. The molecule has 1 amide bonds. The van der Waals surface area contributed by atoms with E-state index in [1.54, 1.807) is 23.0 Å². The minimum atomic E-state index is -1.61. The molecule has 1 N–H and O–H groups in total. The van der Waals surface area contributed by atoms with Gasteiger partial charge in [0.25, 0.3) is 0 Å². The molecule has 0 aromatic carbocycles. The number of ether oxygens (including phenoxy) is 2. The number of aromatic nitrogens is 3. The highest BCUT2D eigenvalue weighted by molar-refractivity contribution is 5.98. The number of hydrogen-bond acceptors (Lipinski definition) is 5. The zero-order chi connectivity index (χ0) is 20.0. The number of halogens is 1. The van der Waals surface area contributed by atoms with Crippen LogP contribution in [0.25, 0.3) is 22.2 Å². The highest BCUT2D eigenvalue weighted by Gasteiger charge is 2.42. The van der Waals surface area contributed by atoms with Crippen LogP contribution in [0.15, 0.2) is 36.7 Å². The second kappa shape index (κ2) is 6.89. The summed E-state index contributed by atoms with van der Waals surface area (Å²) in [4.78, 5) is 20.6. The quantitative estimate of drug-likeness (QED) is 0.733. The van der Waals surface area contributed by atoms with Crippen molar-refractivity contribution in [3.05, 3.63) is 42.4 Å². The minimum Gasteiger partial charge on any atom is -0.381 e. The third-order valence-corrected chi connectivity index (χ3v) is 5.47. The van der Waals surface area contributed by atoms with Gasteiger partial charge in [-0.2, -0.15) is 0 Å². The number of carbonyl (C=O) groups is 1. The molecule has 1 atom stereocenters. The molecule has 0 radical (unpaired) electrons. The third kappa shape index (κ3) is 3.18. The first-order chi connectivity index (χ1) is 14.0. The molecule has 8 heteroatoms. The van der Waals surface area contributed by atoms with Crippen molar-refractivity contribution in [3.8, 4) is 11.3 Å². The monoisotopic (exact) mass is 396 g/mol. The molecule has 0 bridgehead atoms. The topological polar surface area (TPSA) is 78.3 Å². The molecular weight excluding hydrogens is 375 g/mol. The summed E-state index contributed by atoms with van der Waals surface area (Å²) in [7, 11) is 0. The van der Waals surface area contributed by atoms with Crippen molar-refractivity contribution in [1.29, 1.82) is 0 Å². The second-order valence-electron chi connectivity index (χ2n) is 7.60. The average molecular weight is 396 g/mol. The molecule has 0 saturated carbocycles. The van der Waals surface area contributed by atoms with Crippen LogP contribution in [0.5, 0.6) is 0 Å². The molecule has 1 unspecified atom stereocenters. The Morgan fingerprint density at radius 2 is 2.21 bits per heavy atom. The Kier molecular flexibility index (Phi) is 4.33. The number of nitrogens with zero attached hydrogens (tertiary/aromatic N) is 3. The molecule has 3 aromatic rings. The molecule has 2 fully saturated rings. The lowest BCUT2D eigenvalue weighted by Crippen LogP contribution is -2.47. The summed E-state index contributed by atoms with van der Waals surface area (Å²) in [6.07, 6.45) is 4.29. The van der Waals surface area contributed by atoms with Crippen molar-refractivity contribution in [2.75, 3.05) is 31.7 Å². The molecule has 29 heavy (non-hydrogen) atoms. The number of hydrogen-bond donors (Lipinski definition) is 1. The first kappa shape index (κ1) is 18.2. The lowest BCUT2D eigenvalue weighted by atomic mass is 10.0. The number of amides is 1.